The highest BCUT2D eigenvalue weighted by atomic mass is 16.3. The van der Waals surface area contributed by atoms with Crippen molar-refractivity contribution in [3.8, 4) is 0 Å². The van der Waals surface area contributed by atoms with E-state index in [1.807, 2.05) is 0 Å². The van der Waals surface area contributed by atoms with E-state index in [2.05, 4.69) is 0 Å². The van der Waals surface area contributed by atoms with Gasteiger partial charge in [-0.15, -0.1) is 0 Å². The van der Waals surface area contributed by atoms with Crippen LogP contribution >= 0.6 is 0 Å². The Morgan fingerprint density at radius 1 is 1.45 bits per heavy atom. The Kier molecular flexibility index (Phi) is 2.24. The number of hydrogen-bond acceptors (Lipinski definition) is 3. The molecule has 0 aromatic heterocycles. The van der Waals surface area contributed by atoms with Crippen molar-refractivity contribution in [2.75, 3.05) is 6.54 Å². The van der Waals surface area contributed by atoms with Gasteiger partial charge in [0.1, 0.15) is 0 Å². The average Bonchev–Trinajstić information content (AvgIpc) is 2.18. The van der Waals surface area contributed by atoms with E-state index in [1.165, 1.54) is 0 Å². The number of amides is 2. The van der Waals surface area contributed by atoms with Crippen LogP contribution in [0.2, 0.25) is 0 Å². The Morgan fingerprint density at radius 2 is 1.91 bits per heavy atom. The van der Waals surface area contributed by atoms with Gasteiger partial charge < -0.3 is 5.11 Å². The monoisotopic (exact) mass is 157 g/mol. The topological polar surface area (TPSA) is 57.6 Å². The van der Waals surface area contributed by atoms with Crippen LogP contribution in [0.1, 0.15) is 19.8 Å². The highest BCUT2D eigenvalue weighted by molar-refractivity contribution is 6.01. The molecule has 1 aliphatic heterocycles. The Labute approximate surface area is 64.8 Å². The van der Waals surface area contributed by atoms with Crippen molar-refractivity contribution in [3.63, 3.8) is 0 Å². The number of carbonyl (C=O) groups excluding carboxylic acids is 2. The van der Waals surface area contributed by atoms with E-state index < -0.39 is 6.10 Å². The maximum Gasteiger partial charge on any atom is 0.229 e. The molecule has 11 heavy (non-hydrogen) atoms. The standard InChI is InChI=1S/C7H11NO3/c1-5(9)4-8-6(10)2-3-7(8)11/h5,9H,2-4H2,1H3. The second kappa shape index (κ2) is 3.00. The van der Waals surface area contributed by atoms with Crippen molar-refractivity contribution in [1.29, 1.82) is 0 Å². The number of aliphatic hydroxyl groups is 1. The van der Waals surface area contributed by atoms with Crippen LogP contribution in [0, 0.1) is 0 Å². The molecule has 62 valence electrons. The number of aliphatic hydroxyl groups excluding tert-OH is 1. The molecule has 1 saturated heterocycles. The zero-order chi connectivity index (χ0) is 8.43. The lowest BCUT2D eigenvalue weighted by Gasteiger charge is -2.14. The van der Waals surface area contributed by atoms with Crippen molar-refractivity contribution >= 4 is 11.8 Å². The summed E-state index contributed by atoms with van der Waals surface area (Å²) in [6, 6.07) is 0. The second-order valence-corrected chi connectivity index (χ2v) is 2.75. The molecule has 0 aliphatic carbocycles. The molecule has 1 fully saturated rings. The van der Waals surface area contributed by atoms with Crippen LogP contribution in [0.5, 0.6) is 0 Å². The molecule has 1 heterocycles. The summed E-state index contributed by atoms with van der Waals surface area (Å²) < 4.78 is 0. The predicted octanol–water partition coefficient (Wildman–Crippen LogP) is -0.484. The normalized spacial score (nSPS) is 21.1. The average molecular weight is 157 g/mol. The van der Waals surface area contributed by atoms with E-state index in [9.17, 15) is 9.59 Å². The summed E-state index contributed by atoms with van der Waals surface area (Å²) in [5.74, 6) is -0.341. The molecule has 0 aromatic rings. The molecule has 0 spiro atoms. The van der Waals surface area contributed by atoms with Crippen LogP contribution in [0.3, 0.4) is 0 Å². The second-order valence-electron chi connectivity index (χ2n) is 2.75. The zero-order valence-electron chi connectivity index (χ0n) is 6.41. The van der Waals surface area contributed by atoms with Crippen LogP contribution in [0.25, 0.3) is 0 Å². The third kappa shape index (κ3) is 1.77. The molecule has 4 nitrogen and oxygen atoms in total. The minimum Gasteiger partial charge on any atom is -0.392 e. The molecule has 0 saturated carbocycles. The van der Waals surface area contributed by atoms with E-state index >= 15 is 0 Å². The fourth-order valence-electron chi connectivity index (χ4n) is 1.09. The third-order valence-corrected chi connectivity index (χ3v) is 1.60. The summed E-state index contributed by atoms with van der Waals surface area (Å²) in [4.78, 5) is 22.9. The third-order valence-electron chi connectivity index (χ3n) is 1.60. The summed E-state index contributed by atoms with van der Waals surface area (Å²) in [5, 5.41) is 8.90. The Hall–Kier alpha value is -0.900. The Morgan fingerprint density at radius 3 is 2.27 bits per heavy atom. The van der Waals surface area contributed by atoms with E-state index in [0.29, 0.717) is 12.8 Å². The van der Waals surface area contributed by atoms with Gasteiger partial charge in [-0.25, -0.2) is 0 Å². The molecule has 1 N–H and O–H groups in total. The van der Waals surface area contributed by atoms with Crippen molar-refractivity contribution in [2.24, 2.45) is 0 Å². The van der Waals surface area contributed by atoms with Crippen molar-refractivity contribution in [1.82, 2.24) is 4.90 Å². The molecule has 0 bridgehead atoms. The predicted molar refractivity (Wildman–Crippen MR) is 37.6 cm³/mol. The number of imide groups is 1. The number of hydrogen-bond donors (Lipinski definition) is 1. The smallest absolute Gasteiger partial charge is 0.229 e. The molecule has 1 rings (SSSR count). The van der Waals surface area contributed by atoms with Crippen molar-refractivity contribution < 1.29 is 14.7 Å². The Bertz CT molecular complexity index is 172. The first-order valence-corrected chi connectivity index (χ1v) is 3.62. The van der Waals surface area contributed by atoms with E-state index in [-0.39, 0.29) is 18.4 Å². The van der Waals surface area contributed by atoms with Gasteiger partial charge >= 0.3 is 0 Å². The minimum atomic E-state index is -0.624. The molecule has 1 atom stereocenters. The molecule has 4 heteroatoms. The van der Waals surface area contributed by atoms with Crippen LogP contribution in [-0.2, 0) is 9.59 Å². The maximum atomic E-state index is 10.9. The first-order valence-electron chi connectivity index (χ1n) is 3.62. The first-order chi connectivity index (χ1) is 5.11. The summed E-state index contributed by atoms with van der Waals surface area (Å²) in [5.41, 5.74) is 0. The first kappa shape index (κ1) is 8.20. The van der Waals surface area contributed by atoms with Gasteiger partial charge in [-0.3, -0.25) is 14.5 Å². The van der Waals surface area contributed by atoms with Gasteiger partial charge in [0, 0.05) is 12.8 Å². The van der Waals surface area contributed by atoms with Crippen LogP contribution in [0.4, 0.5) is 0 Å². The lowest BCUT2D eigenvalue weighted by atomic mass is 10.4. The molecule has 1 aliphatic rings. The quantitative estimate of drug-likeness (QED) is 0.550. The lowest BCUT2D eigenvalue weighted by Crippen LogP contribution is -2.35. The number of β-amino-alcohol motifs (C(OH)–C–C–N with tert-alkyl or cyclic N) is 1. The molecular weight excluding hydrogens is 146 g/mol. The van der Waals surface area contributed by atoms with Gasteiger partial charge in [0.15, 0.2) is 0 Å². The summed E-state index contributed by atoms with van der Waals surface area (Å²) in [6.07, 6.45) is -0.0297. The van der Waals surface area contributed by atoms with Crippen molar-refractivity contribution in [2.45, 2.75) is 25.9 Å². The summed E-state index contributed by atoms with van der Waals surface area (Å²) in [6.45, 7) is 1.69. The maximum absolute atomic E-state index is 10.9. The van der Waals surface area contributed by atoms with Crippen LogP contribution < -0.4 is 0 Å². The highest BCUT2D eigenvalue weighted by Gasteiger charge is 2.29. The summed E-state index contributed by atoms with van der Waals surface area (Å²) >= 11 is 0. The van der Waals surface area contributed by atoms with Crippen LogP contribution in [-0.4, -0.2) is 34.5 Å². The van der Waals surface area contributed by atoms with Gasteiger partial charge in [0.25, 0.3) is 0 Å². The van der Waals surface area contributed by atoms with Crippen LogP contribution in [0.15, 0.2) is 0 Å². The minimum absolute atomic E-state index is 0.137. The number of likely N-dealkylation sites (tertiary alicyclic amines) is 1. The largest absolute Gasteiger partial charge is 0.392 e. The fourth-order valence-corrected chi connectivity index (χ4v) is 1.09. The lowest BCUT2D eigenvalue weighted by molar-refractivity contribution is -0.139. The zero-order valence-corrected chi connectivity index (χ0v) is 6.41. The van der Waals surface area contributed by atoms with Gasteiger partial charge in [-0.1, -0.05) is 0 Å². The van der Waals surface area contributed by atoms with Crippen molar-refractivity contribution in [3.05, 3.63) is 0 Å². The van der Waals surface area contributed by atoms with Gasteiger partial charge in [0.05, 0.1) is 12.6 Å². The molecule has 2 amide bonds. The Balaban J connectivity index is 2.55. The SMILES string of the molecule is CC(O)CN1C(=O)CCC1=O. The summed E-state index contributed by atoms with van der Waals surface area (Å²) in [7, 11) is 0. The molecular formula is C7H11NO3. The fraction of sp³-hybridized carbons (Fsp3) is 0.714. The van der Waals surface area contributed by atoms with E-state index in [1.54, 1.807) is 6.92 Å². The molecule has 0 aromatic carbocycles. The highest BCUT2D eigenvalue weighted by Crippen LogP contribution is 2.11. The number of carbonyl (C=O) groups is 2. The number of nitrogens with zero attached hydrogens (tertiary/aromatic N) is 1. The van der Waals surface area contributed by atoms with Gasteiger partial charge in [0.2, 0.25) is 11.8 Å². The molecule has 1 unspecified atom stereocenters. The molecule has 0 radical (unpaired) electrons. The van der Waals surface area contributed by atoms with E-state index in [0.717, 1.165) is 4.90 Å². The van der Waals surface area contributed by atoms with E-state index in [4.69, 9.17) is 5.11 Å². The number of rotatable bonds is 2. The van der Waals surface area contributed by atoms with Gasteiger partial charge in [-0.05, 0) is 6.92 Å². The van der Waals surface area contributed by atoms with Gasteiger partial charge in [-0.2, -0.15) is 0 Å².